The van der Waals surface area contributed by atoms with Crippen LogP contribution in [0.4, 0.5) is 0 Å². The molecule has 0 amide bonds. The van der Waals surface area contributed by atoms with E-state index in [-0.39, 0.29) is 12.0 Å². The summed E-state index contributed by atoms with van der Waals surface area (Å²) < 4.78 is 5.44. The van der Waals surface area contributed by atoms with Crippen LogP contribution in [-0.2, 0) is 4.74 Å². The molecule has 0 aromatic heterocycles. The summed E-state index contributed by atoms with van der Waals surface area (Å²) in [6.45, 7) is 4.10. The van der Waals surface area contributed by atoms with Gasteiger partial charge in [-0.25, -0.2) is 0 Å². The Balaban J connectivity index is 2.29. The number of hydrogen-bond acceptors (Lipinski definition) is 3. The highest BCUT2D eigenvalue weighted by Gasteiger charge is 2.31. The van der Waals surface area contributed by atoms with Crippen molar-refractivity contribution in [2.45, 2.75) is 26.2 Å². The zero-order chi connectivity index (χ0) is 9.57. The van der Waals surface area contributed by atoms with Crippen LogP contribution in [0.5, 0.6) is 0 Å². The van der Waals surface area contributed by atoms with E-state index in [2.05, 4.69) is 6.92 Å². The molecule has 1 fully saturated rings. The number of thioether (sulfide) groups is 1. The van der Waals surface area contributed by atoms with Crippen LogP contribution in [0.1, 0.15) is 26.2 Å². The highest BCUT2D eigenvalue weighted by atomic mass is 32.2. The smallest absolute Gasteiger partial charge is 0.0544 e. The van der Waals surface area contributed by atoms with Gasteiger partial charge in [-0.1, -0.05) is 6.92 Å². The van der Waals surface area contributed by atoms with Crippen LogP contribution in [0.25, 0.3) is 0 Å². The minimum atomic E-state index is 0.0837. The summed E-state index contributed by atoms with van der Waals surface area (Å²) in [4.78, 5) is 0. The van der Waals surface area contributed by atoms with E-state index in [9.17, 15) is 5.11 Å². The van der Waals surface area contributed by atoms with Gasteiger partial charge in [0.25, 0.3) is 0 Å². The van der Waals surface area contributed by atoms with E-state index in [4.69, 9.17) is 4.74 Å². The summed E-state index contributed by atoms with van der Waals surface area (Å²) in [5, 5.41) is 9.35. The first-order valence-corrected chi connectivity index (χ1v) is 6.25. The molecule has 1 saturated heterocycles. The molecule has 1 rings (SSSR count). The van der Waals surface area contributed by atoms with E-state index >= 15 is 0 Å². The SMILES string of the molecule is CCSCCC1(CO)CCCOC1. The minimum Gasteiger partial charge on any atom is -0.396 e. The molecule has 13 heavy (non-hydrogen) atoms. The maximum absolute atomic E-state index is 9.35. The summed E-state index contributed by atoms with van der Waals surface area (Å²) in [5.74, 6) is 2.32. The molecule has 0 aromatic carbocycles. The third-order valence-electron chi connectivity index (χ3n) is 2.72. The van der Waals surface area contributed by atoms with Crippen LogP contribution < -0.4 is 0 Å². The van der Waals surface area contributed by atoms with Gasteiger partial charge < -0.3 is 9.84 Å². The van der Waals surface area contributed by atoms with Gasteiger partial charge in [0.15, 0.2) is 0 Å². The summed E-state index contributed by atoms with van der Waals surface area (Å²) in [7, 11) is 0. The molecule has 0 bridgehead atoms. The minimum absolute atomic E-state index is 0.0837. The van der Waals surface area contributed by atoms with Crippen molar-refractivity contribution in [2.75, 3.05) is 31.3 Å². The molecule has 1 N–H and O–H groups in total. The lowest BCUT2D eigenvalue weighted by atomic mass is 9.81. The highest BCUT2D eigenvalue weighted by Crippen LogP contribution is 2.32. The van der Waals surface area contributed by atoms with Crippen LogP contribution in [0, 0.1) is 5.41 Å². The first kappa shape index (κ1) is 11.3. The van der Waals surface area contributed by atoms with Gasteiger partial charge in [0.1, 0.15) is 0 Å². The van der Waals surface area contributed by atoms with Gasteiger partial charge in [0.2, 0.25) is 0 Å². The molecule has 0 radical (unpaired) electrons. The Bertz CT molecular complexity index is 133. The van der Waals surface area contributed by atoms with Crippen LogP contribution >= 0.6 is 11.8 Å². The van der Waals surface area contributed by atoms with E-state index in [1.807, 2.05) is 11.8 Å². The van der Waals surface area contributed by atoms with Crippen molar-refractivity contribution in [1.82, 2.24) is 0 Å². The molecule has 1 atom stereocenters. The van der Waals surface area contributed by atoms with E-state index in [0.717, 1.165) is 38.2 Å². The quantitative estimate of drug-likeness (QED) is 0.694. The maximum atomic E-state index is 9.35. The average Bonchev–Trinajstić information content (AvgIpc) is 2.20. The standard InChI is InChI=1S/C10H20O2S/c1-2-13-7-5-10(8-11)4-3-6-12-9-10/h11H,2-9H2,1H3. The normalized spacial score (nSPS) is 29.1. The predicted molar refractivity (Wildman–Crippen MR) is 57.2 cm³/mol. The Morgan fingerprint density at radius 1 is 1.54 bits per heavy atom. The predicted octanol–water partition coefficient (Wildman–Crippen LogP) is 1.92. The molecule has 78 valence electrons. The Kier molecular flexibility index (Phi) is 5.14. The monoisotopic (exact) mass is 204 g/mol. The topological polar surface area (TPSA) is 29.5 Å². The fraction of sp³-hybridized carbons (Fsp3) is 1.00. The number of aliphatic hydroxyl groups excluding tert-OH is 1. The second kappa shape index (κ2) is 5.89. The summed E-state index contributed by atoms with van der Waals surface area (Å²) in [6, 6.07) is 0. The Hall–Kier alpha value is 0.270. The van der Waals surface area contributed by atoms with Crippen molar-refractivity contribution in [3.63, 3.8) is 0 Å². The number of hydrogen-bond donors (Lipinski definition) is 1. The lowest BCUT2D eigenvalue weighted by molar-refractivity contribution is -0.0394. The first-order valence-electron chi connectivity index (χ1n) is 5.09. The van der Waals surface area contributed by atoms with Crippen molar-refractivity contribution >= 4 is 11.8 Å². The van der Waals surface area contributed by atoms with Gasteiger partial charge in [-0.2, -0.15) is 11.8 Å². The summed E-state index contributed by atoms with van der Waals surface area (Å²) >= 11 is 1.95. The van der Waals surface area contributed by atoms with Gasteiger partial charge in [0.05, 0.1) is 13.2 Å². The van der Waals surface area contributed by atoms with Crippen molar-refractivity contribution in [2.24, 2.45) is 5.41 Å². The van der Waals surface area contributed by atoms with E-state index < -0.39 is 0 Å². The number of aliphatic hydroxyl groups is 1. The molecule has 0 spiro atoms. The van der Waals surface area contributed by atoms with Crippen LogP contribution in [-0.4, -0.2) is 36.4 Å². The molecule has 0 saturated carbocycles. The largest absolute Gasteiger partial charge is 0.396 e. The van der Waals surface area contributed by atoms with Crippen molar-refractivity contribution in [1.29, 1.82) is 0 Å². The third kappa shape index (κ3) is 3.49. The third-order valence-corrected chi connectivity index (χ3v) is 3.62. The van der Waals surface area contributed by atoms with Crippen LogP contribution in [0.2, 0.25) is 0 Å². The van der Waals surface area contributed by atoms with Crippen molar-refractivity contribution < 1.29 is 9.84 Å². The fourth-order valence-corrected chi connectivity index (χ4v) is 2.61. The van der Waals surface area contributed by atoms with Gasteiger partial charge in [-0.05, 0) is 30.8 Å². The molecule has 0 aliphatic carbocycles. The number of rotatable bonds is 5. The average molecular weight is 204 g/mol. The maximum Gasteiger partial charge on any atom is 0.0544 e. The molecule has 3 heteroatoms. The molecule has 0 aromatic rings. The second-order valence-electron chi connectivity index (χ2n) is 3.76. The van der Waals surface area contributed by atoms with E-state index in [1.165, 1.54) is 5.75 Å². The van der Waals surface area contributed by atoms with E-state index in [0.29, 0.717) is 0 Å². The Morgan fingerprint density at radius 3 is 2.92 bits per heavy atom. The summed E-state index contributed by atoms with van der Waals surface area (Å²) in [6.07, 6.45) is 3.34. The zero-order valence-corrected chi connectivity index (χ0v) is 9.24. The molecule has 2 nitrogen and oxygen atoms in total. The highest BCUT2D eigenvalue weighted by molar-refractivity contribution is 7.99. The van der Waals surface area contributed by atoms with Gasteiger partial charge in [0, 0.05) is 12.0 Å². The lowest BCUT2D eigenvalue weighted by Gasteiger charge is -2.35. The van der Waals surface area contributed by atoms with Crippen LogP contribution in [0.3, 0.4) is 0 Å². The van der Waals surface area contributed by atoms with Gasteiger partial charge >= 0.3 is 0 Å². The Labute approximate surface area is 85.0 Å². The fourth-order valence-electron chi connectivity index (χ4n) is 1.74. The second-order valence-corrected chi connectivity index (χ2v) is 5.16. The van der Waals surface area contributed by atoms with Gasteiger partial charge in [-0.3, -0.25) is 0 Å². The zero-order valence-electron chi connectivity index (χ0n) is 8.42. The molecular weight excluding hydrogens is 184 g/mol. The van der Waals surface area contributed by atoms with E-state index in [1.54, 1.807) is 0 Å². The van der Waals surface area contributed by atoms with Gasteiger partial charge in [-0.15, -0.1) is 0 Å². The number of ether oxygens (including phenoxy) is 1. The molecule has 1 heterocycles. The molecule has 1 unspecified atom stereocenters. The van der Waals surface area contributed by atoms with Crippen molar-refractivity contribution in [3.05, 3.63) is 0 Å². The summed E-state index contributed by atoms with van der Waals surface area (Å²) in [5.41, 5.74) is 0.0837. The lowest BCUT2D eigenvalue weighted by Crippen LogP contribution is -2.35. The van der Waals surface area contributed by atoms with Crippen molar-refractivity contribution in [3.8, 4) is 0 Å². The molecular formula is C10H20O2S. The van der Waals surface area contributed by atoms with Crippen LogP contribution in [0.15, 0.2) is 0 Å². The first-order chi connectivity index (χ1) is 6.33. The molecule has 1 aliphatic heterocycles. The Morgan fingerprint density at radius 2 is 2.38 bits per heavy atom. The molecule has 1 aliphatic rings.